The van der Waals surface area contributed by atoms with Gasteiger partial charge in [-0.15, -0.1) is 0 Å². The monoisotopic (exact) mass is 269 g/mol. The fraction of sp³-hybridized carbons (Fsp3) is 0.583. The lowest BCUT2D eigenvalue weighted by Crippen LogP contribution is -2.31. The molecule has 0 aliphatic rings. The Hall–Kier alpha value is -1.73. The summed E-state index contributed by atoms with van der Waals surface area (Å²) in [5, 5.41) is 17.9. The van der Waals surface area contributed by atoms with Gasteiger partial charge in [0.05, 0.1) is 31.1 Å². The summed E-state index contributed by atoms with van der Waals surface area (Å²) in [5.74, 6) is -0.0870. The molecule has 2 N–H and O–H groups in total. The van der Waals surface area contributed by atoms with Crippen LogP contribution in [0.15, 0.2) is 6.20 Å². The van der Waals surface area contributed by atoms with Gasteiger partial charge >= 0.3 is 5.97 Å². The number of carbonyl (C=O) groups excluding carboxylic acids is 1. The number of aromatic nitrogens is 2. The molecule has 0 radical (unpaired) electrons. The van der Waals surface area contributed by atoms with Gasteiger partial charge in [0.1, 0.15) is 0 Å². The summed E-state index contributed by atoms with van der Waals surface area (Å²) < 4.78 is 4.89. The molecule has 1 aromatic rings. The lowest BCUT2D eigenvalue weighted by molar-refractivity contribution is 0.0524. The molecule has 7 nitrogen and oxygen atoms in total. The van der Waals surface area contributed by atoms with E-state index < -0.39 is 5.97 Å². The van der Waals surface area contributed by atoms with E-state index in [4.69, 9.17) is 14.9 Å². The van der Waals surface area contributed by atoms with Crippen LogP contribution in [-0.4, -0.2) is 59.1 Å². The highest BCUT2D eigenvalue weighted by atomic mass is 16.5. The minimum atomic E-state index is -0.456. The summed E-state index contributed by atoms with van der Waals surface area (Å²) >= 11 is 0. The molecule has 0 unspecified atom stereocenters. The average Bonchev–Trinajstić information content (AvgIpc) is 2.38. The van der Waals surface area contributed by atoms with Crippen molar-refractivity contribution < 1.29 is 19.7 Å². The number of rotatable bonds is 7. The van der Waals surface area contributed by atoms with Crippen molar-refractivity contribution >= 4 is 11.9 Å². The van der Waals surface area contributed by atoms with E-state index in [0.717, 1.165) is 0 Å². The Bertz CT molecular complexity index is 419. The zero-order chi connectivity index (χ0) is 14.3. The van der Waals surface area contributed by atoms with E-state index in [0.29, 0.717) is 36.9 Å². The number of ether oxygens (including phenoxy) is 1. The van der Waals surface area contributed by atoms with Crippen molar-refractivity contribution in [3.63, 3.8) is 0 Å². The zero-order valence-corrected chi connectivity index (χ0v) is 11.2. The Balaban J connectivity index is 2.93. The van der Waals surface area contributed by atoms with Crippen LogP contribution in [0.5, 0.6) is 0 Å². The second-order valence-electron chi connectivity index (χ2n) is 3.82. The molecule has 0 saturated heterocycles. The van der Waals surface area contributed by atoms with Crippen LogP contribution in [0, 0.1) is 6.92 Å². The Labute approximate surface area is 111 Å². The number of aliphatic hydroxyl groups excluding tert-OH is 2. The lowest BCUT2D eigenvalue weighted by atomic mass is 10.2. The van der Waals surface area contributed by atoms with Crippen molar-refractivity contribution in [3.8, 4) is 0 Å². The number of esters is 1. The summed E-state index contributed by atoms with van der Waals surface area (Å²) in [5.41, 5.74) is 0.822. The molecule has 0 aromatic carbocycles. The summed E-state index contributed by atoms with van der Waals surface area (Å²) in [6.45, 7) is 4.21. The van der Waals surface area contributed by atoms with Crippen LogP contribution in [0.1, 0.15) is 23.0 Å². The van der Waals surface area contributed by atoms with Crippen LogP contribution in [0.2, 0.25) is 0 Å². The molecule has 0 fully saturated rings. The molecular weight excluding hydrogens is 250 g/mol. The van der Waals surface area contributed by atoms with Gasteiger partial charge in [0.2, 0.25) is 5.95 Å². The quantitative estimate of drug-likeness (QED) is 0.659. The van der Waals surface area contributed by atoms with E-state index in [1.165, 1.54) is 6.20 Å². The molecule has 19 heavy (non-hydrogen) atoms. The van der Waals surface area contributed by atoms with Gasteiger partial charge in [-0.2, -0.15) is 0 Å². The van der Waals surface area contributed by atoms with E-state index in [-0.39, 0.29) is 13.2 Å². The number of aliphatic hydroxyl groups is 2. The third-order valence-electron chi connectivity index (χ3n) is 2.48. The van der Waals surface area contributed by atoms with Gasteiger partial charge in [0.25, 0.3) is 0 Å². The van der Waals surface area contributed by atoms with E-state index in [1.807, 2.05) is 0 Å². The largest absolute Gasteiger partial charge is 0.462 e. The normalized spacial score (nSPS) is 10.3. The number of anilines is 1. The summed E-state index contributed by atoms with van der Waals surface area (Å²) in [7, 11) is 0. The molecule has 0 atom stereocenters. The maximum Gasteiger partial charge on any atom is 0.341 e. The van der Waals surface area contributed by atoms with Gasteiger partial charge in [-0.3, -0.25) is 0 Å². The SMILES string of the molecule is CCOC(=O)c1cnc(N(CCO)CCO)nc1C. The first-order valence-electron chi connectivity index (χ1n) is 6.11. The van der Waals surface area contributed by atoms with Crippen molar-refractivity contribution in [1.82, 2.24) is 9.97 Å². The van der Waals surface area contributed by atoms with Crippen molar-refractivity contribution in [3.05, 3.63) is 17.5 Å². The molecule has 0 amide bonds. The average molecular weight is 269 g/mol. The third kappa shape index (κ3) is 4.15. The molecular formula is C12H19N3O4. The Morgan fingerprint density at radius 3 is 2.47 bits per heavy atom. The number of hydrogen-bond acceptors (Lipinski definition) is 7. The summed E-state index contributed by atoms with van der Waals surface area (Å²) in [4.78, 5) is 21.5. The number of carbonyl (C=O) groups is 1. The van der Waals surface area contributed by atoms with Gasteiger partial charge in [-0.05, 0) is 13.8 Å². The van der Waals surface area contributed by atoms with Crippen LogP contribution in [-0.2, 0) is 4.74 Å². The van der Waals surface area contributed by atoms with Crippen molar-refractivity contribution in [1.29, 1.82) is 0 Å². The molecule has 1 rings (SSSR count). The standard InChI is InChI=1S/C12H19N3O4/c1-3-19-11(18)10-8-13-12(14-9(10)2)15(4-6-16)5-7-17/h8,16-17H,3-7H2,1-2H3. The van der Waals surface area contributed by atoms with Gasteiger partial charge in [0, 0.05) is 19.3 Å². The highest BCUT2D eigenvalue weighted by Gasteiger charge is 2.15. The van der Waals surface area contributed by atoms with Crippen LogP contribution in [0.3, 0.4) is 0 Å². The maximum atomic E-state index is 11.6. The van der Waals surface area contributed by atoms with Crippen molar-refractivity contribution in [2.24, 2.45) is 0 Å². The molecule has 1 aromatic heterocycles. The predicted octanol–water partition coefficient (Wildman–Crippen LogP) is -0.247. The van der Waals surface area contributed by atoms with Gasteiger partial charge in [-0.1, -0.05) is 0 Å². The summed E-state index contributed by atoms with van der Waals surface area (Å²) in [6.07, 6.45) is 1.40. The van der Waals surface area contributed by atoms with E-state index in [9.17, 15) is 4.79 Å². The molecule has 0 aliphatic carbocycles. The lowest BCUT2D eigenvalue weighted by Gasteiger charge is -2.20. The van der Waals surface area contributed by atoms with Crippen LogP contribution >= 0.6 is 0 Å². The molecule has 0 spiro atoms. The highest BCUT2D eigenvalue weighted by Crippen LogP contribution is 2.12. The fourth-order valence-corrected chi connectivity index (χ4v) is 1.57. The number of aryl methyl sites for hydroxylation is 1. The van der Waals surface area contributed by atoms with Crippen molar-refractivity contribution in [2.75, 3.05) is 37.8 Å². The van der Waals surface area contributed by atoms with Gasteiger partial charge in [-0.25, -0.2) is 14.8 Å². The molecule has 0 aliphatic heterocycles. The van der Waals surface area contributed by atoms with Gasteiger partial charge < -0.3 is 19.8 Å². The number of hydrogen-bond donors (Lipinski definition) is 2. The van der Waals surface area contributed by atoms with E-state index in [2.05, 4.69) is 9.97 Å². The minimum absolute atomic E-state index is 0.0674. The van der Waals surface area contributed by atoms with E-state index >= 15 is 0 Å². The Kier molecular flexibility index (Phi) is 6.17. The Morgan fingerprint density at radius 2 is 2.00 bits per heavy atom. The first kappa shape index (κ1) is 15.3. The van der Waals surface area contributed by atoms with Crippen LogP contribution < -0.4 is 4.90 Å². The van der Waals surface area contributed by atoms with E-state index in [1.54, 1.807) is 18.7 Å². The van der Waals surface area contributed by atoms with Gasteiger partial charge in [0.15, 0.2) is 0 Å². The molecule has 0 bridgehead atoms. The third-order valence-corrected chi connectivity index (χ3v) is 2.48. The predicted molar refractivity (Wildman–Crippen MR) is 69.1 cm³/mol. The number of nitrogens with zero attached hydrogens (tertiary/aromatic N) is 3. The first-order valence-corrected chi connectivity index (χ1v) is 6.11. The Morgan fingerprint density at radius 1 is 1.37 bits per heavy atom. The smallest absolute Gasteiger partial charge is 0.341 e. The first-order chi connectivity index (χ1) is 9.13. The zero-order valence-electron chi connectivity index (χ0n) is 11.2. The van der Waals surface area contributed by atoms with Crippen molar-refractivity contribution in [2.45, 2.75) is 13.8 Å². The second-order valence-corrected chi connectivity index (χ2v) is 3.82. The topological polar surface area (TPSA) is 95.8 Å². The molecule has 106 valence electrons. The summed E-state index contributed by atoms with van der Waals surface area (Å²) in [6, 6.07) is 0. The van der Waals surface area contributed by atoms with Crippen LogP contribution in [0.4, 0.5) is 5.95 Å². The highest BCUT2D eigenvalue weighted by molar-refractivity contribution is 5.90. The molecule has 0 saturated carbocycles. The second kappa shape index (κ2) is 7.65. The molecule has 1 heterocycles. The fourth-order valence-electron chi connectivity index (χ4n) is 1.57. The minimum Gasteiger partial charge on any atom is -0.462 e. The maximum absolute atomic E-state index is 11.6. The van der Waals surface area contributed by atoms with Crippen LogP contribution in [0.25, 0.3) is 0 Å². The molecule has 7 heteroatoms.